The summed E-state index contributed by atoms with van der Waals surface area (Å²) < 4.78 is 0. The number of piperidine rings is 2. The van der Waals surface area contributed by atoms with Gasteiger partial charge in [0.2, 0.25) is 11.8 Å². The molecule has 2 saturated heterocycles. The Bertz CT molecular complexity index is 440. The van der Waals surface area contributed by atoms with Crippen LogP contribution in [0.4, 0.5) is 0 Å². The summed E-state index contributed by atoms with van der Waals surface area (Å²) in [5.74, 6) is 1.21. The molecule has 0 radical (unpaired) electrons. The first-order valence-corrected chi connectivity index (χ1v) is 8.89. The number of amides is 2. The molecule has 3 aliphatic rings. The van der Waals surface area contributed by atoms with Gasteiger partial charge in [0.1, 0.15) is 0 Å². The van der Waals surface area contributed by atoms with Crippen LogP contribution < -0.4 is 5.73 Å². The van der Waals surface area contributed by atoms with E-state index in [1.807, 2.05) is 16.7 Å². The molecule has 2 heterocycles. The second-order valence-corrected chi connectivity index (χ2v) is 7.44. The summed E-state index contributed by atoms with van der Waals surface area (Å²) in [7, 11) is 0. The highest BCUT2D eigenvalue weighted by molar-refractivity contribution is 5.85. The molecule has 2 N–H and O–H groups in total. The number of nitrogens with two attached hydrogens (primary N) is 1. The van der Waals surface area contributed by atoms with E-state index in [1.165, 1.54) is 0 Å². The Kier molecular flexibility index (Phi) is 6.32. The minimum absolute atomic E-state index is 0. The number of nitrogens with zero attached hydrogens (tertiary/aromatic N) is 2. The molecule has 0 aromatic rings. The SMILES string of the molecule is CC(N)C1CCCN(C(=O)C2CCCN(C(=O)C3CC3)C2)C1.Cl. The second-order valence-electron chi connectivity index (χ2n) is 7.44. The van der Waals surface area contributed by atoms with Crippen LogP contribution in [-0.4, -0.2) is 53.8 Å². The third kappa shape index (κ3) is 4.38. The van der Waals surface area contributed by atoms with Gasteiger partial charge < -0.3 is 15.5 Å². The number of likely N-dealkylation sites (tertiary alicyclic amines) is 2. The Hall–Kier alpha value is -0.810. The van der Waals surface area contributed by atoms with Crippen LogP contribution >= 0.6 is 12.4 Å². The van der Waals surface area contributed by atoms with Gasteiger partial charge in [-0.05, 0) is 51.4 Å². The minimum Gasteiger partial charge on any atom is -0.342 e. The molecule has 3 atom stereocenters. The maximum atomic E-state index is 12.8. The molecule has 3 unspecified atom stereocenters. The van der Waals surface area contributed by atoms with Crippen molar-refractivity contribution in [3.8, 4) is 0 Å². The van der Waals surface area contributed by atoms with Crippen molar-refractivity contribution in [2.24, 2.45) is 23.5 Å². The zero-order chi connectivity index (χ0) is 15.7. The highest BCUT2D eigenvalue weighted by Gasteiger charge is 2.38. The quantitative estimate of drug-likeness (QED) is 0.847. The van der Waals surface area contributed by atoms with Crippen LogP contribution in [0.15, 0.2) is 0 Å². The Morgan fingerprint density at radius 3 is 2.09 bits per heavy atom. The van der Waals surface area contributed by atoms with Crippen LogP contribution in [0.3, 0.4) is 0 Å². The molecule has 3 rings (SSSR count). The largest absolute Gasteiger partial charge is 0.342 e. The summed E-state index contributed by atoms with van der Waals surface area (Å²) in [6.45, 7) is 5.16. The zero-order valence-corrected chi connectivity index (χ0v) is 14.9. The number of hydrogen-bond donors (Lipinski definition) is 1. The molecule has 2 aliphatic heterocycles. The van der Waals surface area contributed by atoms with Crippen molar-refractivity contribution < 1.29 is 9.59 Å². The molecular weight excluding hydrogens is 314 g/mol. The van der Waals surface area contributed by atoms with Crippen LogP contribution in [0.1, 0.15) is 45.4 Å². The predicted molar refractivity (Wildman–Crippen MR) is 92.2 cm³/mol. The molecule has 2 amide bonds. The molecular formula is C17H30ClN3O2. The van der Waals surface area contributed by atoms with Crippen LogP contribution in [-0.2, 0) is 9.59 Å². The lowest BCUT2D eigenvalue weighted by Crippen LogP contribution is -2.51. The number of hydrogen-bond acceptors (Lipinski definition) is 3. The Morgan fingerprint density at radius 1 is 0.913 bits per heavy atom. The number of carbonyl (C=O) groups is 2. The standard InChI is InChI=1S/C17H29N3O2.ClH/c1-12(18)14-4-2-8-19(10-14)17(22)15-5-3-9-20(11-15)16(21)13-6-7-13;/h12-15H,2-11,18H2,1H3;1H. The molecule has 0 aromatic carbocycles. The summed E-state index contributed by atoms with van der Waals surface area (Å²) in [6, 6.07) is 0.148. The van der Waals surface area contributed by atoms with E-state index in [4.69, 9.17) is 5.73 Å². The van der Waals surface area contributed by atoms with Crippen molar-refractivity contribution in [2.45, 2.75) is 51.5 Å². The highest BCUT2D eigenvalue weighted by atomic mass is 35.5. The molecule has 5 nitrogen and oxygen atoms in total. The van der Waals surface area contributed by atoms with Crippen molar-refractivity contribution >= 4 is 24.2 Å². The van der Waals surface area contributed by atoms with Gasteiger partial charge in [0.05, 0.1) is 5.92 Å². The van der Waals surface area contributed by atoms with E-state index in [9.17, 15) is 9.59 Å². The van der Waals surface area contributed by atoms with Gasteiger partial charge in [0.15, 0.2) is 0 Å². The number of rotatable bonds is 3. The maximum Gasteiger partial charge on any atom is 0.227 e. The molecule has 1 aliphatic carbocycles. The van der Waals surface area contributed by atoms with Crippen molar-refractivity contribution in [1.82, 2.24) is 9.80 Å². The van der Waals surface area contributed by atoms with Gasteiger partial charge >= 0.3 is 0 Å². The number of carbonyl (C=O) groups excluding carboxylic acids is 2. The van der Waals surface area contributed by atoms with E-state index >= 15 is 0 Å². The van der Waals surface area contributed by atoms with E-state index in [-0.39, 0.29) is 42.1 Å². The van der Waals surface area contributed by atoms with E-state index in [0.29, 0.717) is 12.5 Å². The lowest BCUT2D eigenvalue weighted by atomic mass is 9.90. The van der Waals surface area contributed by atoms with E-state index in [1.54, 1.807) is 0 Å². The second kappa shape index (κ2) is 7.84. The van der Waals surface area contributed by atoms with Crippen molar-refractivity contribution in [1.29, 1.82) is 0 Å². The third-order valence-electron chi connectivity index (χ3n) is 5.52. The van der Waals surface area contributed by atoms with E-state index < -0.39 is 0 Å². The van der Waals surface area contributed by atoms with Gasteiger partial charge in [-0.1, -0.05) is 0 Å². The smallest absolute Gasteiger partial charge is 0.227 e. The summed E-state index contributed by atoms with van der Waals surface area (Å²) in [5, 5.41) is 0. The van der Waals surface area contributed by atoms with Crippen LogP contribution in [0, 0.1) is 17.8 Å². The first kappa shape index (κ1) is 18.5. The molecule has 0 bridgehead atoms. The number of halogens is 1. The van der Waals surface area contributed by atoms with Gasteiger partial charge in [-0.2, -0.15) is 0 Å². The fourth-order valence-corrected chi connectivity index (χ4v) is 3.86. The van der Waals surface area contributed by atoms with Crippen LogP contribution in [0.2, 0.25) is 0 Å². The summed E-state index contributed by atoms with van der Waals surface area (Å²) >= 11 is 0. The van der Waals surface area contributed by atoms with E-state index in [0.717, 1.165) is 58.2 Å². The van der Waals surface area contributed by atoms with Crippen LogP contribution in [0.25, 0.3) is 0 Å². The van der Waals surface area contributed by atoms with Gasteiger partial charge in [0, 0.05) is 38.1 Å². The lowest BCUT2D eigenvalue weighted by molar-refractivity contribution is -0.142. The Balaban J connectivity index is 0.00000192. The normalized spacial score (nSPS) is 29.7. The highest BCUT2D eigenvalue weighted by Crippen LogP contribution is 2.33. The lowest BCUT2D eigenvalue weighted by Gasteiger charge is -2.39. The molecule has 0 aromatic heterocycles. The van der Waals surface area contributed by atoms with Crippen LogP contribution in [0.5, 0.6) is 0 Å². The summed E-state index contributed by atoms with van der Waals surface area (Å²) in [5.41, 5.74) is 6.02. The minimum atomic E-state index is 0. The van der Waals surface area contributed by atoms with Gasteiger partial charge in [-0.25, -0.2) is 0 Å². The molecule has 0 spiro atoms. The predicted octanol–water partition coefficient (Wildman–Crippen LogP) is 1.64. The first-order valence-electron chi connectivity index (χ1n) is 8.89. The average Bonchev–Trinajstić information content (AvgIpc) is 3.38. The maximum absolute atomic E-state index is 12.8. The fraction of sp³-hybridized carbons (Fsp3) is 0.882. The van der Waals surface area contributed by atoms with Gasteiger partial charge in [-0.15, -0.1) is 12.4 Å². The molecule has 132 valence electrons. The van der Waals surface area contributed by atoms with Gasteiger partial charge in [0.25, 0.3) is 0 Å². The summed E-state index contributed by atoms with van der Waals surface area (Å²) in [6.07, 6.45) is 6.13. The zero-order valence-electron chi connectivity index (χ0n) is 14.1. The Morgan fingerprint density at radius 2 is 1.48 bits per heavy atom. The van der Waals surface area contributed by atoms with Gasteiger partial charge in [-0.3, -0.25) is 9.59 Å². The van der Waals surface area contributed by atoms with Crippen molar-refractivity contribution in [3.05, 3.63) is 0 Å². The molecule has 3 fully saturated rings. The first-order chi connectivity index (χ1) is 10.6. The third-order valence-corrected chi connectivity index (χ3v) is 5.52. The van der Waals surface area contributed by atoms with Crippen molar-refractivity contribution in [2.75, 3.05) is 26.2 Å². The fourth-order valence-electron chi connectivity index (χ4n) is 3.86. The average molecular weight is 344 g/mol. The monoisotopic (exact) mass is 343 g/mol. The molecule has 23 heavy (non-hydrogen) atoms. The molecule has 6 heteroatoms. The summed E-state index contributed by atoms with van der Waals surface area (Å²) in [4.78, 5) is 29.0. The molecule has 1 saturated carbocycles. The topological polar surface area (TPSA) is 66.6 Å². The van der Waals surface area contributed by atoms with Crippen molar-refractivity contribution in [3.63, 3.8) is 0 Å². The van der Waals surface area contributed by atoms with E-state index in [2.05, 4.69) is 0 Å². The Labute approximate surface area is 145 Å².